The Balaban J connectivity index is 2.51. The van der Waals surface area contributed by atoms with E-state index in [1.54, 1.807) is 0 Å². The number of carbonyl (C=O) groups excluding carboxylic acids is 2. The molecule has 0 aromatic heterocycles. The second-order valence-corrected chi connectivity index (χ2v) is 3.27. The smallest absolute Gasteiger partial charge is 0.256 e. The van der Waals surface area contributed by atoms with Gasteiger partial charge in [-0.25, -0.2) is 4.79 Å². The van der Waals surface area contributed by atoms with E-state index < -0.39 is 5.91 Å². The Labute approximate surface area is 88.8 Å². The van der Waals surface area contributed by atoms with Crippen molar-refractivity contribution < 1.29 is 9.59 Å². The summed E-state index contributed by atoms with van der Waals surface area (Å²) in [7, 11) is 0. The molecule has 78 valence electrons. The number of isocyanates is 1. The summed E-state index contributed by atoms with van der Waals surface area (Å²) in [6.45, 7) is 2.09. The van der Waals surface area contributed by atoms with Gasteiger partial charge in [-0.3, -0.25) is 4.79 Å². The largest absolute Gasteiger partial charge is 0.272 e. The molecule has 0 aliphatic carbocycles. The van der Waals surface area contributed by atoms with Crippen LogP contribution in [0.3, 0.4) is 0 Å². The molecule has 1 aromatic carbocycles. The Kier molecular flexibility index (Phi) is 4.45. The van der Waals surface area contributed by atoms with Gasteiger partial charge in [-0.05, 0) is 24.0 Å². The molecule has 1 amide bonds. The molecule has 0 atom stereocenters. The summed E-state index contributed by atoms with van der Waals surface area (Å²) in [5.74, 6) is -0.412. The van der Waals surface area contributed by atoms with Gasteiger partial charge in [-0.15, -0.1) is 4.99 Å². The molecule has 0 aliphatic heterocycles. The van der Waals surface area contributed by atoms with E-state index in [9.17, 15) is 9.59 Å². The average molecular weight is 203 g/mol. The maximum atomic E-state index is 10.9. The molecule has 0 unspecified atom stereocenters. The lowest BCUT2D eigenvalue weighted by Crippen LogP contribution is -1.96. The zero-order valence-electron chi connectivity index (χ0n) is 8.69. The first-order valence-corrected chi connectivity index (χ1v) is 4.94. The minimum atomic E-state index is -0.412. The summed E-state index contributed by atoms with van der Waals surface area (Å²) >= 11 is 0. The van der Waals surface area contributed by atoms with Crippen LogP contribution in [0.25, 0.3) is 0 Å². The number of rotatable bonds is 4. The van der Waals surface area contributed by atoms with Crippen molar-refractivity contribution in [2.75, 3.05) is 0 Å². The third-order valence-corrected chi connectivity index (χ3v) is 2.23. The lowest BCUT2D eigenvalue weighted by molar-refractivity contribution is -0.117. The Morgan fingerprint density at radius 1 is 1.27 bits per heavy atom. The Bertz CT molecular complexity index is 375. The topological polar surface area (TPSA) is 46.5 Å². The molecule has 0 saturated heterocycles. The molecule has 15 heavy (non-hydrogen) atoms. The minimum absolute atomic E-state index is 0.265. The molecular formula is C12H13NO2. The number of hydrogen-bond acceptors (Lipinski definition) is 2. The fourth-order valence-electron chi connectivity index (χ4n) is 1.30. The lowest BCUT2D eigenvalue weighted by atomic mass is 10.1. The van der Waals surface area contributed by atoms with E-state index in [1.807, 2.05) is 24.3 Å². The first kappa shape index (κ1) is 11.3. The third-order valence-electron chi connectivity index (χ3n) is 2.23. The van der Waals surface area contributed by atoms with Crippen LogP contribution in [0, 0.1) is 0 Å². The van der Waals surface area contributed by atoms with Gasteiger partial charge in [0.25, 0.3) is 5.91 Å². The van der Waals surface area contributed by atoms with E-state index in [-0.39, 0.29) is 6.42 Å². The Morgan fingerprint density at radius 3 is 2.40 bits per heavy atom. The molecular weight excluding hydrogens is 190 g/mol. The van der Waals surface area contributed by atoms with Crippen molar-refractivity contribution in [3.8, 4) is 0 Å². The number of aliphatic imine (C=N–C) groups is 1. The monoisotopic (exact) mass is 203 g/mol. The first-order valence-electron chi connectivity index (χ1n) is 4.94. The lowest BCUT2D eigenvalue weighted by Gasteiger charge is -2.00. The van der Waals surface area contributed by atoms with Crippen molar-refractivity contribution in [2.24, 2.45) is 4.99 Å². The van der Waals surface area contributed by atoms with Gasteiger partial charge in [-0.1, -0.05) is 31.2 Å². The van der Waals surface area contributed by atoms with Gasteiger partial charge in [0, 0.05) is 6.42 Å². The summed E-state index contributed by atoms with van der Waals surface area (Å²) < 4.78 is 0. The number of aryl methyl sites for hydroxylation is 2. The van der Waals surface area contributed by atoms with Crippen LogP contribution in [0.4, 0.5) is 0 Å². The highest BCUT2D eigenvalue weighted by Gasteiger charge is 2.00. The SMILES string of the molecule is CCc1ccc(CCC(=O)N=C=O)cc1. The summed E-state index contributed by atoms with van der Waals surface area (Å²) in [6.07, 6.45) is 3.14. The Hall–Kier alpha value is -1.73. The number of hydrogen-bond donors (Lipinski definition) is 0. The highest BCUT2D eigenvalue weighted by molar-refractivity contribution is 5.81. The number of amides is 1. The standard InChI is InChI=1S/C12H13NO2/c1-2-10-3-5-11(6-4-10)7-8-12(15)13-9-14/h3-6H,2,7-8H2,1H3. The van der Waals surface area contributed by atoms with Gasteiger partial charge in [0.05, 0.1) is 0 Å². The zero-order valence-corrected chi connectivity index (χ0v) is 8.69. The van der Waals surface area contributed by atoms with Crippen LogP contribution < -0.4 is 0 Å². The second kappa shape index (κ2) is 5.89. The molecule has 0 radical (unpaired) electrons. The third kappa shape index (κ3) is 3.88. The quantitative estimate of drug-likeness (QED) is 0.555. The zero-order chi connectivity index (χ0) is 11.1. The van der Waals surface area contributed by atoms with Crippen molar-refractivity contribution in [1.29, 1.82) is 0 Å². The number of carbonyl (C=O) groups is 1. The molecule has 0 fully saturated rings. The van der Waals surface area contributed by atoms with Crippen LogP contribution >= 0.6 is 0 Å². The second-order valence-electron chi connectivity index (χ2n) is 3.27. The fourth-order valence-corrected chi connectivity index (χ4v) is 1.30. The highest BCUT2D eigenvalue weighted by Crippen LogP contribution is 2.07. The molecule has 0 heterocycles. The van der Waals surface area contributed by atoms with Crippen molar-refractivity contribution in [1.82, 2.24) is 0 Å². The van der Waals surface area contributed by atoms with Crippen molar-refractivity contribution in [3.63, 3.8) is 0 Å². The molecule has 0 saturated carbocycles. The maximum absolute atomic E-state index is 10.9. The molecule has 0 N–H and O–H groups in total. The molecule has 1 aromatic rings. The molecule has 1 rings (SSSR count). The normalized spacial score (nSPS) is 9.40. The van der Waals surface area contributed by atoms with Gasteiger partial charge >= 0.3 is 0 Å². The minimum Gasteiger partial charge on any atom is -0.272 e. The summed E-state index contributed by atoms with van der Waals surface area (Å²) in [4.78, 5) is 23.7. The van der Waals surface area contributed by atoms with Gasteiger partial charge in [0.1, 0.15) is 0 Å². The molecule has 3 heteroatoms. The summed E-state index contributed by atoms with van der Waals surface area (Å²) in [6, 6.07) is 8.08. The van der Waals surface area contributed by atoms with Gasteiger partial charge in [0.2, 0.25) is 6.08 Å². The van der Waals surface area contributed by atoms with Crippen LogP contribution in [0.2, 0.25) is 0 Å². The fraction of sp³-hybridized carbons (Fsp3) is 0.333. The summed E-state index contributed by atoms with van der Waals surface area (Å²) in [5, 5.41) is 0. The predicted molar refractivity (Wildman–Crippen MR) is 57.3 cm³/mol. The van der Waals surface area contributed by atoms with Crippen LogP contribution in [0.15, 0.2) is 29.3 Å². The number of benzene rings is 1. The first-order chi connectivity index (χ1) is 7.26. The van der Waals surface area contributed by atoms with Crippen molar-refractivity contribution in [2.45, 2.75) is 26.2 Å². The van der Waals surface area contributed by atoms with E-state index in [4.69, 9.17) is 0 Å². The van der Waals surface area contributed by atoms with E-state index >= 15 is 0 Å². The molecule has 0 bridgehead atoms. The van der Waals surface area contributed by atoms with E-state index in [1.165, 1.54) is 11.6 Å². The van der Waals surface area contributed by atoms with Gasteiger partial charge in [0.15, 0.2) is 0 Å². The van der Waals surface area contributed by atoms with Crippen molar-refractivity contribution >= 4 is 12.0 Å². The Morgan fingerprint density at radius 2 is 1.87 bits per heavy atom. The number of nitrogens with zero attached hydrogens (tertiary/aromatic N) is 1. The van der Waals surface area contributed by atoms with Crippen molar-refractivity contribution in [3.05, 3.63) is 35.4 Å². The van der Waals surface area contributed by atoms with E-state index in [0.717, 1.165) is 12.0 Å². The maximum Gasteiger partial charge on any atom is 0.256 e. The van der Waals surface area contributed by atoms with Crippen LogP contribution in [0.5, 0.6) is 0 Å². The van der Waals surface area contributed by atoms with Crippen LogP contribution in [-0.4, -0.2) is 12.0 Å². The van der Waals surface area contributed by atoms with E-state index in [2.05, 4.69) is 11.9 Å². The summed E-state index contributed by atoms with van der Waals surface area (Å²) in [5.41, 5.74) is 2.36. The molecule has 0 spiro atoms. The molecule has 3 nitrogen and oxygen atoms in total. The molecule has 0 aliphatic rings. The van der Waals surface area contributed by atoms with Gasteiger partial charge in [-0.2, -0.15) is 0 Å². The highest BCUT2D eigenvalue weighted by atomic mass is 16.2. The average Bonchev–Trinajstić information content (AvgIpc) is 2.27. The van der Waals surface area contributed by atoms with E-state index in [0.29, 0.717) is 6.42 Å². The van der Waals surface area contributed by atoms with Crippen LogP contribution in [-0.2, 0) is 22.4 Å². The van der Waals surface area contributed by atoms with Gasteiger partial charge < -0.3 is 0 Å². The predicted octanol–water partition coefficient (Wildman–Crippen LogP) is 2.04. The van der Waals surface area contributed by atoms with Crippen LogP contribution in [0.1, 0.15) is 24.5 Å².